The number of ketones is 1. The normalized spacial score (nSPS) is 24.3. The van der Waals surface area contributed by atoms with E-state index < -0.39 is 28.5 Å². The summed E-state index contributed by atoms with van der Waals surface area (Å²) < 4.78 is 19.7. The Kier molecular flexibility index (Phi) is 12.5. The summed E-state index contributed by atoms with van der Waals surface area (Å²) in [6.45, 7) is 29.9. The molecule has 210 valence electrons. The zero-order valence-corrected chi connectivity index (χ0v) is 27.3. The standard InChI is InChI=1S/C29H56O5Si2/c1-14-23(11)27(34-35(15-2,16-3)17-4)24(12)28-26(30)18-25(29(13,31)33-28)19-32-36(20(5)6,21(7)8)22(9)10/h14,18,20-24,27-28,31H,1,15-17,19H2,2-13H3/t23-,24-,27-,28+,29?/m1/s1. The van der Waals surface area contributed by atoms with Crippen LogP contribution in [0, 0.1) is 11.8 Å². The van der Waals surface area contributed by atoms with Crippen molar-refractivity contribution >= 4 is 22.4 Å². The Morgan fingerprint density at radius 1 is 1.03 bits per heavy atom. The Balaban J connectivity index is 3.28. The summed E-state index contributed by atoms with van der Waals surface area (Å²) in [5.74, 6) is -1.88. The first-order valence-corrected chi connectivity index (χ1v) is 18.8. The molecule has 1 heterocycles. The van der Waals surface area contributed by atoms with Gasteiger partial charge in [0.25, 0.3) is 0 Å². The lowest BCUT2D eigenvalue weighted by atomic mass is 9.85. The van der Waals surface area contributed by atoms with E-state index in [0.717, 1.165) is 18.1 Å². The van der Waals surface area contributed by atoms with Gasteiger partial charge >= 0.3 is 0 Å². The van der Waals surface area contributed by atoms with E-state index >= 15 is 0 Å². The van der Waals surface area contributed by atoms with E-state index in [9.17, 15) is 9.90 Å². The molecule has 0 aromatic rings. The van der Waals surface area contributed by atoms with Gasteiger partial charge in [-0.2, -0.15) is 0 Å². The van der Waals surface area contributed by atoms with E-state index in [1.54, 1.807) is 13.0 Å². The van der Waals surface area contributed by atoms with E-state index in [-0.39, 0.29) is 30.3 Å². The number of ether oxygens (including phenoxy) is 1. The van der Waals surface area contributed by atoms with E-state index in [1.165, 1.54) is 0 Å². The molecule has 0 saturated heterocycles. The van der Waals surface area contributed by atoms with Crippen molar-refractivity contribution in [2.45, 2.75) is 136 Å². The highest BCUT2D eigenvalue weighted by atomic mass is 28.4. The second-order valence-electron chi connectivity index (χ2n) is 12.0. The maximum Gasteiger partial charge on any atom is 0.200 e. The number of hydrogen-bond donors (Lipinski definition) is 1. The summed E-state index contributed by atoms with van der Waals surface area (Å²) >= 11 is 0. The molecule has 0 bridgehead atoms. The molecule has 36 heavy (non-hydrogen) atoms. The number of aliphatic hydroxyl groups is 1. The summed E-state index contributed by atoms with van der Waals surface area (Å²) in [5, 5.41) is 11.4. The Hall–Kier alpha value is -0.576. The van der Waals surface area contributed by atoms with E-state index in [4.69, 9.17) is 13.6 Å². The number of carbonyl (C=O) groups is 1. The SMILES string of the molecule is C=C[C@@H](C)[C@@H](O[Si](CC)(CC)CC)[C@@H](C)[C@@H]1OC(C)(O)C(CO[Si](C(C)C)(C(C)C)C(C)C)=CC1=O. The van der Waals surface area contributed by atoms with Crippen LogP contribution in [0.1, 0.15) is 83.1 Å². The minimum atomic E-state index is -2.16. The molecule has 1 aliphatic heterocycles. The average Bonchev–Trinajstić information content (AvgIpc) is 2.81. The van der Waals surface area contributed by atoms with E-state index in [1.807, 2.05) is 13.0 Å². The van der Waals surface area contributed by atoms with E-state index in [2.05, 4.69) is 75.8 Å². The lowest BCUT2D eigenvalue weighted by Gasteiger charge is -2.45. The predicted octanol–water partition coefficient (Wildman–Crippen LogP) is 7.63. The first-order valence-electron chi connectivity index (χ1n) is 14.2. The highest BCUT2D eigenvalue weighted by Crippen LogP contribution is 2.43. The predicted molar refractivity (Wildman–Crippen MR) is 156 cm³/mol. The monoisotopic (exact) mass is 540 g/mol. The fraction of sp³-hybridized carbons (Fsp3) is 0.828. The van der Waals surface area contributed by atoms with Crippen LogP contribution in [0.5, 0.6) is 0 Å². The molecule has 1 aliphatic rings. The minimum Gasteiger partial charge on any atom is -0.413 e. The van der Waals surface area contributed by atoms with Crippen molar-refractivity contribution in [3.05, 3.63) is 24.3 Å². The molecule has 5 atom stereocenters. The summed E-state index contributed by atoms with van der Waals surface area (Å²) in [7, 11) is -4.09. The Labute approximate surface area is 224 Å². The fourth-order valence-corrected chi connectivity index (χ4v) is 14.7. The van der Waals surface area contributed by atoms with Crippen molar-refractivity contribution in [1.82, 2.24) is 0 Å². The number of carbonyl (C=O) groups excluding carboxylic acids is 1. The van der Waals surface area contributed by atoms with Gasteiger partial charge in [-0.05, 0) is 53.7 Å². The van der Waals surface area contributed by atoms with Crippen molar-refractivity contribution in [3.8, 4) is 0 Å². The first-order chi connectivity index (χ1) is 16.6. The second-order valence-corrected chi connectivity index (χ2v) is 22.2. The highest BCUT2D eigenvalue weighted by Gasteiger charge is 2.48. The van der Waals surface area contributed by atoms with Crippen molar-refractivity contribution < 1.29 is 23.5 Å². The van der Waals surface area contributed by atoms with Gasteiger partial charge in [-0.1, -0.05) is 82.2 Å². The summed E-state index contributed by atoms with van der Waals surface area (Å²) in [6.07, 6.45) is 2.49. The maximum absolute atomic E-state index is 13.4. The first kappa shape index (κ1) is 33.5. The molecule has 0 aromatic carbocycles. The van der Waals surface area contributed by atoms with Crippen LogP contribution in [-0.2, 0) is 18.4 Å². The summed E-state index contributed by atoms with van der Waals surface area (Å²) in [6, 6.07) is 3.08. The van der Waals surface area contributed by atoms with Crippen LogP contribution in [0.4, 0.5) is 0 Å². The molecule has 0 saturated carbocycles. The molecular weight excluding hydrogens is 484 g/mol. The molecule has 5 nitrogen and oxygen atoms in total. The van der Waals surface area contributed by atoms with Crippen LogP contribution in [0.3, 0.4) is 0 Å². The van der Waals surface area contributed by atoms with Crippen LogP contribution in [0.15, 0.2) is 24.3 Å². The minimum absolute atomic E-state index is 0.0568. The molecule has 0 fully saturated rings. The molecule has 1 N–H and O–H groups in total. The fourth-order valence-electron chi connectivity index (χ4n) is 6.30. The lowest BCUT2D eigenvalue weighted by molar-refractivity contribution is -0.216. The van der Waals surface area contributed by atoms with Gasteiger partial charge in [-0.3, -0.25) is 4.79 Å². The van der Waals surface area contributed by atoms with Gasteiger partial charge in [0.1, 0.15) is 6.10 Å². The quantitative estimate of drug-likeness (QED) is 0.171. The van der Waals surface area contributed by atoms with Gasteiger partial charge in [-0.15, -0.1) is 6.58 Å². The molecule has 0 radical (unpaired) electrons. The Bertz CT molecular complexity index is 725. The molecule has 1 unspecified atom stereocenters. The van der Waals surface area contributed by atoms with Gasteiger partial charge in [0.15, 0.2) is 19.9 Å². The topological polar surface area (TPSA) is 65.0 Å². The Morgan fingerprint density at radius 3 is 1.89 bits per heavy atom. The molecule has 0 aliphatic carbocycles. The number of rotatable bonds is 15. The zero-order chi connectivity index (χ0) is 28.1. The second kappa shape index (κ2) is 13.5. The third kappa shape index (κ3) is 7.09. The van der Waals surface area contributed by atoms with Crippen LogP contribution >= 0.6 is 0 Å². The summed E-state index contributed by atoms with van der Waals surface area (Å²) in [4.78, 5) is 13.4. The third-order valence-electron chi connectivity index (χ3n) is 8.94. The van der Waals surface area contributed by atoms with Crippen LogP contribution < -0.4 is 0 Å². The van der Waals surface area contributed by atoms with E-state index in [0.29, 0.717) is 22.2 Å². The molecular formula is C29H56O5Si2. The molecule has 0 spiro atoms. The van der Waals surface area contributed by atoms with Gasteiger partial charge in [0.05, 0.1) is 12.7 Å². The summed E-state index contributed by atoms with van der Waals surface area (Å²) in [5.41, 5.74) is 1.74. The largest absolute Gasteiger partial charge is 0.413 e. The van der Waals surface area contributed by atoms with Gasteiger partial charge in [-0.25, -0.2) is 0 Å². The molecule has 1 rings (SSSR count). The van der Waals surface area contributed by atoms with Crippen LogP contribution in [0.2, 0.25) is 34.8 Å². The maximum atomic E-state index is 13.4. The molecule has 0 aromatic heterocycles. The van der Waals surface area contributed by atoms with Gasteiger partial charge < -0.3 is 18.7 Å². The van der Waals surface area contributed by atoms with Crippen molar-refractivity contribution in [2.24, 2.45) is 11.8 Å². The smallest absolute Gasteiger partial charge is 0.200 e. The lowest BCUT2D eigenvalue weighted by Crippen LogP contribution is -2.54. The highest BCUT2D eigenvalue weighted by molar-refractivity contribution is 6.77. The van der Waals surface area contributed by atoms with Crippen LogP contribution in [0.25, 0.3) is 0 Å². The van der Waals surface area contributed by atoms with Crippen molar-refractivity contribution in [1.29, 1.82) is 0 Å². The number of hydrogen-bond acceptors (Lipinski definition) is 5. The van der Waals surface area contributed by atoms with Gasteiger partial charge in [0.2, 0.25) is 8.32 Å². The van der Waals surface area contributed by atoms with Gasteiger partial charge in [0, 0.05) is 11.5 Å². The third-order valence-corrected chi connectivity index (χ3v) is 19.6. The van der Waals surface area contributed by atoms with Crippen LogP contribution in [-0.4, -0.2) is 52.1 Å². The average molecular weight is 541 g/mol. The molecule has 0 amide bonds. The van der Waals surface area contributed by atoms with Crippen molar-refractivity contribution in [3.63, 3.8) is 0 Å². The van der Waals surface area contributed by atoms with Crippen molar-refractivity contribution in [2.75, 3.05) is 6.61 Å². The zero-order valence-electron chi connectivity index (χ0n) is 25.3. The Morgan fingerprint density at radius 2 is 1.50 bits per heavy atom. The molecule has 7 heteroatoms.